The number of carbonyl (C=O) groups is 1. The SMILES string of the molecule is COc1ccc([C@@H](CNC(=O)COc2c(C)cccc2C)N2CCCC2)cc1. The maximum atomic E-state index is 12.4. The van der Waals surface area contributed by atoms with E-state index in [9.17, 15) is 4.79 Å². The Morgan fingerprint density at radius 3 is 2.32 bits per heavy atom. The highest BCUT2D eigenvalue weighted by atomic mass is 16.5. The van der Waals surface area contributed by atoms with Crippen LogP contribution in [0.25, 0.3) is 0 Å². The van der Waals surface area contributed by atoms with E-state index in [1.165, 1.54) is 18.4 Å². The number of nitrogens with zero attached hydrogens (tertiary/aromatic N) is 1. The van der Waals surface area contributed by atoms with Gasteiger partial charge in [-0.15, -0.1) is 0 Å². The van der Waals surface area contributed by atoms with E-state index in [0.29, 0.717) is 6.54 Å². The molecular formula is C23H30N2O3. The van der Waals surface area contributed by atoms with Crippen LogP contribution in [0, 0.1) is 13.8 Å². The van der Waals surface area contributed by atoms with E-state index in [0.717, 1.165) is 35.7 Å². The molecule has 0 spiro atoms. The van der Waals surface area contributed by atoms with Crippen molar-refractivity contribution in [2.45, 2.75) is 32.7 Å². The summed E-state index contributed by atoms with van der Waals surface area (Å²) in [5.41, 5.74) is 3.28. The molecule has 1 saturated heterocycles. The standard InChI is InChI=1S/C23H30N2O3/c1-17-7-6-8-18(2)23(17)28-16-22(26)24-15-21(25-13-4-5-14-25)19-9-11-20(27-3)12-10-19/h6-12,21H,4-5,13-16H2,1-3H3,(H,24,26)/t21-/m1/s1. The van der Waals surface area contributed by atoms with Gasteiger partial charge in [0, 0.05) is 6.54 Å². The van der Waals surface area contributed by atoms with Crippen molar-refractivity contribution in [3.05, 3.63) is 59.2 Å². The van der Waals surface area contributed by atoms with Gasteiger partial charge in [0.1, 0.15) is 11.5 Å². The van der Waals surface area contributed by atoms with Crippen LogP contribution < -0.4 is 14.8 Å². The average Bonchev–Trinajstić information content (AvgIpc) is 3.23. The Bertz CT molecular complexity index is 763. The highest BCUT2D eigenvalue weighted by Gasteiger charge is 2.24. The van der Waals surface area contributed by atoms with Crippen LogP contribution in [0.2, 0.25) is 0 Å². The molecule has 0 unspecified atom stereocenters. The molecule has 1 aliphatic rings. The van der Waals surface area contributed by atoms with Crippen molar-refractivity contribution in [3.8, 4) is 11.5 Å². The van der Waals surface area contributed by atoms with Gasteiger partial charge in [-0.05, 0) is 68.6 Å². The third-order valence-electron chi connectivity index (χ3n) is 5.33. The van der Waals surface area contributed by atoms with Crippen LogP contribution in [-0.2, 0) is 4.79 Å². The van der Waals surface area contributed by atoms with Gasteiger partial charge in [0.05, 0.1) is 13.2 Å². The molecule has 1 amide bonds. The van der Waals surface area contributed by atoms with Crippen LogP contribution >= 0.6 is 0 Å². The number of para-hydroxylation sites is 1. The lowest BCUT2D eigenvalue weighted by Crippen LogP contribution is -2.38. The first-order chi connectivity index (χ1) is 13.6. The number of amides is 1. The van der Waals surface area contributed by atoms with Gasteiger partial charge in [0.15, 0.2) is 6.61 Å². The molecule has 0 radical (unpaired) electrons. The fourth-order valence-electron chi connectivity index (χ4n) is 3.76. The zero-order valence-electron chi connectivity index (χ0n) is 17.0. The summed E-state index contributed by atoms with van der Waals surface area (Å²) in [6.45, 7) is 6.71. The van der Waals surface area contributed by atoms with E-state index in [1.807, 2.05) is 44.2 Å². The maximum Gasteiger partial charge on any atom is 0.258 e. The molecular weight excluding hydrogens is 352 g/mol. The van der Waals surface area contributed by atoms with E-state index in [1.54, 1.807) is 7.11 Å². The van der Waals surface area contributed by atoms with Crippen LogP contribution in [0.3, 0.4) is 0 Å². The number of benzene rings is 2. The second kappa shape index (κ2) is 9.60. The molecule has 1 N–H and O–H groups in total. The molecule has 2 aromatic carbocycles. The van der Waals surface area contributed by atoms with Crippen LogP contribution in [0.15, 0.2) is 42.5 Å². The van der Waals surface area contributed by atoms with Crippen molar-refractivity contribution in [2.75, 3.05) is 33.4 Å². The van der Waals surface area contributed by atoms with Gasteiger partial charge in [-0.2, -0.15) is 0 Å². The molecule has 0 saturated carbocycles. The Balaban J connectivity index is 1.60. The zero-order valence-corrected chi connectivity index (χ0v) is 17.0. The first-order valence-electron chi connectivity index (χ1n) is 9.92. The van der Waals surface area contributed by atoms with Crippen LogP contribution in [0.1, 0.15) is 35.6 Å². The molecule has 1 aliphatic heterocycles. The minimum Gasteiger partial charge on any atom is -0.497 e. The van der Waals surface area contributed by atoms with Crippen molar-refractivity contribution in [1.82, 2.24) is 10.2 Å². The number of likely N-dealkylation sites (tertiary alicyclic amines) is 1. The molecule has 1 fully saturated rings. The Hall–Kier alpha value is -2.53. The van der Waals surface area contributed by atoms with E-state index < -0.39 is 0 Å². The summed E-state index contributed by atoms with van der Waals surface area (Å²) in [7, 11) is 1.67. The molecule has 1 heterocycles. The summed E-state index contributed by atoms with van der Waals surface area (Å²) in [6, 6.07) is 14.3. The zero-order chi connectivity index (χ0) is 19.9. The Kier molecular flexibility index (Phi) is 6.93. The molecule has 0 aromatic heterocycles. The first-order valence-corrected chi connectivity index (χ1v) is 9.92. The van der Waals surface area contributed by atoms with Crippen LogP contribution in [0.5, 0.6) is 11.5 Å². The number of ether oxygens (including phenoxy) is 2. The number of methoxy groups -OCH3 is 1. The van der Waals surface area contributed by atoms with Gasteiger partial charge >= 0.3 is 0 Å². The van der Waals surface area contributed by atoms with Gasteiger partial charge < -0.3 is 14.8 Å². The van der Waals surface area contributed by atoms with Gasteiger partial charge in [0.25, 0.3) is 5.91 Å². The summed E-state index contributed by atoms with van der Waals surface area (Å²) < 4.78 is 11.0. The minimum absolute atomic E-state index is 0.0288. The van der Waals surface area contributed by atoms with E-state index in [-0.39, 0.29) is 18.6 Å². The summed E-state index contributed by atoms with van der Waals surface area (Å²) in [6.07, 6.45) is 2.41. The van der Waals surface area contributed by atoms with E-state index in [4.69, 9.17) is 9.47 Å². The lowest BCUT2D eigenvalue weighted by Gasteiger charge is -2.28. The smallest absolute Gasteiger partial charge is 0.258 e. The van der Waals surface area contributed by atoms with Gasteiger partial charge in [-0.25, -0.2) is 0 Å². The number of rotatable bonds is 8. The lowest BCUT2D eigenvalue weighted by molar-refractivity contribution is -0.123. The molecule has 1 atom stereocenters. The fraction of sp³-hybridized carbons (Fsp3) is 0.435. The third kappa shape index (κ3) is 5.04. The van der Waals surface area contributed by atoms with Crippen molar-refractivity contribution in [3.63, 3.8) is 0 Å². The van der Waals surface area contributed by atoms with E-state index in [2.05, 4.69) is 22.3 Å². The number of aryl methyl sites for hydroxylation is 2. The molecule has 2 aromatic rings. The van der Waals surface area contributed by atoms with Gasteiger partial charge in [0.2, 0.25) is 0 Å². The average molecular weight is 383 g/mol. The van der Waals surface area contributed by atoms with Crippen molar-refractivity contribution in [1.29, 1.82) is 0 Å². The normalized spacial score (nSPS) is 15.2. The quantitative estimate of drug-likeness (QED) is 0.757. The number of nitrogens with one attached hydrogen (secondary N) is 1. The minimum atomic E-state index is -0.0969. The predicted molar refractivity (Wildman–Crippen MR) is 111 cm³/mol. The van der Waals surface area contributed by atoms with Crippen molar-refractivity contribution >= 4 is 5.91 Å². The predicted octanol–water partition coefficient (Wildman–Crippen LogP) is 3.64. The van der Waals surface area contributed by atoms with Crippen LogP contribution in [0.4, 0.5) is 0 Å². The van der Waals surface area contributed by atoms with Crippen molar-refractivity contribution in [2.24, 2.45) is 0 Å². The maximum absolute atomic E-state index is 12.4. The molecule has 5 heteroatoms. The molecule has 28 heavy (non-hydrogen) atoms. The van der Waals surface area contributed by atoms with Crippen LogP contribution in [-0.4, -0.2) is 44.2 Å². The largest absolute Gasteiger partial charge is 0.497 e. The van der Waals surface area contributed by atoms with Crippen molar-refractivity contribution < 1.29 is 14.3 Å². The highest BCUT2D eigenvalue weighted by molar-refractivity contribution is 5.77. The molecule has 3 rings (SSSR count). The topological polar surface area (TPSA) is 50.8 Å². The summed E-state index contributed by atoms with van der Waals surface area (Å²) in [4.78, 5) is 14.9. The monoisotopic (exact) mass is 382 g/mol. The molecule has 150 valence electrons. The number of hydrogen-bond acceptors (Lipinski definition) is 4. The van der Waals surface area contributed by atoms with E-state index >= 15 is 0 Å². The Morgan fingerprint density at radius 2 is 1.71 bits per heavy atom. The summed E-state index contributed by atoms with van der Waals surface area (Å²) in [5, 5.41) is 3.06. The fourth-order valence-corrected chi connectivity index (χ4v) is 3.76. The van der Waals surface area contributed by atoms with Gasteiger partial charge in [-0.3, -0.25) is 9.69 Å². The Labute approximate surface area is 167 Å². The second-order valence-corrected chi connectivity index (χ2v) is 7.35. The first kappa shape index (κ1) is 20.2. The molecule has 0 bridgehead atoms. The summed E-state index contributed by atoms with van der Waals surface area (Å²) >= 11 is 0. The highest BCUT2D eigenvalue weighted by Crippen LogP contribution is 2.26. The third-order valence-corrected chi connectivity index (χ3v) is 5.33. The Morgan fingerprint density at radius 1 is 1.07 bits per heavy atom. The molecule has 0 aliphatic carbocycles. The lowest BCUT2D eigenvalue weighted by atomic mass is 10.1. The number of carbonyl (C=O) groups excluding carboxylic acids is 1. The molecule has 5 nitrogen and oxygen atoms in total. The van der Waals surface area contributed by atoms with Gasteiger partial charge in [-0.1, -0.05) is 30.3 Å². The summed E-state index contributed by atoms with van der Waals surface area (Å²) in [5.74, 6) is 1.54. The second-order valence-electron chi connectivity index (χ2n) is 7.35. The number of hydrogen-bond donors (Lipinski definition) is 1.